The van der Waals surface area contributed by atoms with Crippen LogP contribution in [0.2, 0.25) is 0 Å². The zero-order valence-electron chi connectivity index (χ0n) is 17.6. The number of benzene rings is 1. The number of amides is 1. The highest BCUT2D eigenvalue weighted by molar-refractivity contribution is 5.94. The minimum atomic E-state index is 0. The van der Waals surface area contributed by atoms with Crippen molar-refractivity contribution in [2.45, 2.75) is 64.8 Å². The number of nitrogens with one attached hydrogen (secondary N) is 1. The van der Waals surface area contributed by atoms with Crippen LogP contribution in [0.3, 0.4) is 0 Å². The molecule has 0 radical (unpaired) electrons. The Morgan fingerprint density at radius 1 is 1.17 bits per heavy atom. The van der Waals surface area contributed by atoms with Crippen LogP contribution in [0.1, 0.15) is 66.3 Å². The normalized spacial score (nSPS) is 16.8. The Kier molecular flexibility index (Phi) is 7.36. The number of rotatable bonds is 5. The van der Waals surface area contributed by atoms with E-state index < -0.39 is 0 Å². The number of carbonyl (C=O) groups excluding carboxylic acids is 1. The first-order chi connectivity index (χ1) is 13.7. The molecule has 1 aromatic carbocycles. The fourth-order valence-corrected chi connectivity index (χ4v) is 4.62. The number of halogens is 1. The third-order valence-corrected chi connectivity index (χ3v) is 6.14. The summed E-state index contributed by atoms with van der Waals surface area (Å²) in [6.07, 6.45) is 7.34. The number of hydrogen-bond donors (Lipinski definition) is 1. The summed E-state index contributed by atoms with van der Waals surface area (Å²) in [5.74, 6) is 0.137. The molecule has 0 atom stereocenters. The van der Waals surface area contributed by atoms with Gasteiger partial charge in [-0.1, -0.05) is 24.6 Å². The average Bonchev–Trinajstić information content (AvgIpc) is 3.12. The standard InChI is InChI=1S/C23H32N4O.ClH/c1-3-16-26(18-12-14-24-15-13-18)23(28)22-20-6-4-5-7-21(20)27(25-22)19-10-8-17(2)9-11-19;/h8-11,18,24H,3-7,12-16H2,1-2H3;1H. The zero-order valence-corrected chi connectivity index (χ0v) is 18.4. The maximum absolute atomic E-state index is 13.6. The molecule has 29 heavy (non-hydrogen) atoms. The van der Waals surface area contributed by atoms with Crippen LogP contribution in [0.4, 0.5) is 0 Å². The molecule has 5 nitrogen and oxygen atoms in total. The zero-order chi connectivity index (χ0) is 19.5. The van der Waals surface area contributed by atoms with Crippen LogP contribution in [0.15, 0.2) is 24.3 Å². The van der Waals surface area contributed by atoms with E-state index in [-0.39, 0.29) is 18.3 Å². The number of fused-ring (bicyclic) bond motifs is 1. The first kappa shape index (κ1) is 21.8. The van der Waals surface area contributed by atoms with Crippen LogP contribution in [0, 0.1) is 6.92 Å². The summed E-state index contributed by atoms with van der Waals surface area (Å²) in [7, 11) is 0. The highest BCUT2D eigenvalue weighted by Gasteiger charge is 2.31. The molecule has 1 aliphatic heterocycles. The van der Waals surface area contributed by atoms with Gasteiger partial charge < -0.3 is 10.2 Å². The highest BCUT2D eigenvalue weighted by atomic mass is 35.5. The molecule has 1 amide bonds. The van der Waals surface area contributed by atoms with Gasteiger partial charge in [0.1, 0.15) is 0 Å². The molecule has 0 spiro atoms. The Morgan fingerprint density at radius 3 is 2.55 bits per heavy atom. The van der Waals surface area contributed by atoms with Crippen LogP contribution < -0.4 is 5.32 Å². The predicted molar refractivity (Wildman–Crippen MR) is 119 cm³/mol. The summed E-state index contributed by atoms with van der Waals surface area (Å²) in [5, 5.41) is 8.31. The van der Waals surface area contributed by atoms with Gasteiger partial charge in [-0.2, -0.15) is 5.10 Å². The van der Waals surface area contributed by atoms with E-state index in [1.165, 1.54) is 23.2 Å². The molecule has 2 heterocycles. The monoisotopic (exact) mass is 416 g/mol. The first-order valence-corrected chi connectivity index (χ1v) is 10.9. The quantitative estimate of drug-likeness (QED) is 0.798. The van der Waals surface area contributed by atoms with Gasteiger partial charge in [-0.25, -0.2) is 4.68 Å². The number of nitrogens with zero attached hydrogens (tertiary/aromatic N) is 3. The third kappa shape index (κ3) is 4.51. The minimum Gasteiger partial charge on any atom is -0.334 e. The summed E-state index contributed by atoms with van der Waals surface area (Å²) in [6.45, 7) is 7.05. The lowest BCUT2D eigenvalue weighted by atomic mass is 9.94. The SMILES string of the molecule is CCCN(C(=O)c1nn(-c2ccc(C)cc2)c2c1CCCC2)C1CCNCC1.Cl. The number of aryl methyl sites for hydroxylation is 1. The second kappa shape index (κ2) is 9.77. The fraction of sp³-hybridized carbons (Fsp3) is 0.565. The molecule has 1 aliphatic carbocycles. The number of piperidine rings is 1. The lowest BCUT2D eigenvalue weighted by Gasteiger charge is -2.34. The van der Waals surface area contributed by atoms with Crippen LogP contribution in [-0.2, 0) is 12.8 Å². The van der Waals surface area contributed by atoms with Gasteiger partial charge in [-0.15, -0.1) is 12.4 Å². The van der Waals surface area contributed by atoms with E-state index >= 15 is 0 Å². The second-order valence-corrected chi connectivity index (χ2v) is 8.21. The summed E-state index contributed by atoms with van der Waals surface area (Å²) < 4.78 is 2.04. The molecule has 4 rings (SSSR count). The highest BCUT2D eigenvalue weighted by Crippen LogP contribution is 2.29. The van der Waals surface area contributed by atoms with Gasteiger partial charge >= 0.3 is 0 Å². The number of carbonyl (C=O) groups is 1. The molecule has 0 unspecified atom stereocenters. The Balaban J connectivity index is 0.00000240. The van der Waals surface area contributed by atoms with Crippen LogP contribution in [0.25, 0.3) is 5.69 Å². The van der Waals surface area contributed by atoms with Crippen LogP contribution in [0.5, 0.6) is 0 Å². The predicted octanol–water partition coefficient (Wildman–Crippen LogP) is 4.09. The van der Waals surface area contributed by atoms with E-state index in [0.29, 0.717) is 11.7 Å². The molecule has 2 aromatic rings. The lowest BCUT2D eigenvalue weighted by Crippen LogP contribution is -2.46. The summed E-state index contributed by atoms with van der Waals surface area (Å²) in [6, 6.07) is 8.79. The Bertz CT molecular complexity index is 824. The molecule has 0 bridgehead atoms. The van der Waals surface area contributed by atoms with E-state index in [0.717, 1.165) is 63.8 Å². The molecule has 1 fully saturated rings. The molecule has 158 valence electrons. The van der Waals surface area contributed by atoms with Gasteiger partial charge in [0.25, 0.3) is 5.91 Å². The van der Waals surface area contributed by atoms with Crippen molar-refractivity contribution in [3.8, 4) is 5.69 Å². The molecule has 1 N–H and O–H groups in total. The van der Waals surface area contributed by atoms with Gasteiger partial charge in [0.15, 0.2) is 5.69 Å². The van der Waals surface area contributed by atoms with Gasteiger partial charge in [0.2, 0.25) is 0 Å². The van der Waals surface area contributed by atoms with E-state index in [4.69, 9.17) is 5.10 Å². The Morgan fingerprint density at radius 2 is 1.86 bits per heavy atom. The third-order valence-electron chi connectivity index (χ3n) is 6.14. The van der Waals surface area contributed by atoms with E-state index in [1.54, 1.807) is 0 Å². The summed E-state index contributed by atoms with van der Waals surface area (Å²) in [4.78, 5) is 15.7. The van der Waals surface area contributed by atoms with Crippen molar-refractivity contribution in [2.24, 2.45) is 0 Å². The van der Waals surface area contributed by atoms with Crippen LogP contribution >= 0.6 is 12.4 Å². The molecule has 6 heteroatoms. The Labute approximate surface area is 180 Å². The van der Waals surface area contributed by atoms with Gasteiger partial charge in [-0.05, 0) is 77.1 Å². The average molecular weight is 417 g/mol. The Hall–Kier alpha value is -1.85. The van der Waals surface area contributed by atoms with Crippen molar-refractivity contribution in [2.75, 3.05) is 19.6 Å². The van der Waals surface area contributed by atoms with Crippen molar-refractivity contribution in [1.82, 2.24) is 20.0 Å². The maximum Gasteiger partial charge on any atom is 0.274 e. The largest absolute Gasteiger partial charge is 0.334 e. The maximum atomic E-state index is 13.6. The fourth-order valence-electron chi connectivity index (χ4n) is 4.62. The number of aromatic nitrogens is 2. The van der Waals surface area contributed by atoms with E-state index in [2.05, 4.69) is 48.3 Å². The van der Waals surface area contributed by atoms with Crippen molar-refractivity contribution >= 4 is 18.3 Å². The van der Waals surface area contributed by atoms with E-state index in [1.807, 2.05) is 4.68 Å². The molecule has 2 aliphatic rings. The molecule has 0 saturated carbocycles. The molecular formula is C23H33ClN4O. The van der Waals surface area contributed by atoms with Crippen molar-refractivity contribution in [1.29, 1.82) is 0 Å². The molecule has 1 aromatic heterocycles. The van der Waals surface area contributed by atoms with Crippen molar-refractivity contribution in [3.63, 3.8) is 0 Å². The lowest BCUT2D eigenvalue weighted by molar-refractivity contribution is 0.0635. The van der Waals surface area contributed by atoms with Crippen molar-refractivity contribution in [3.05, 3.63) is 46.8 Å². The minimum absolute atomic E-state index is 0. The second-order valence-electron chi connectivity index (χ2n) is 8.21. The van der Waals surface area contributed by atoms with E-state index in [9.17, 15) is 4.79 Å². The first-order valence-electron chi connectivity index (χ1n) is 10.9. The van der Waals surface area contributed by atoms with Crippen molar-refractivity contribution < 1.29 is 4.79 Å². The number of hydrogen-bond acceptors (Lipinski definition) is 3. The van der Waals surface area contributed by atoms with Gasteiger partial charge in [0.05, 0.1) is 5.69 Å². The van der Waals surface area contributed by atoms with Gasteiger partial charge in [0, 0.05) is 23.8 Å². The molecular weight excluding hydrogens is 384 g/mol. The topological polar surface area (TPSA) is 50.2 Å². The summed E-state index contributed by atoms with van der Waals surface area (Å²) in [5.41, 5.74) is 5.42. The molecule has 1 saturated heterocycles. The van der Waals surface area contributed by atoms with Gasteiger partial charge in [-0.3, -0.25) is 4.79 Å². The smallest absolute Gasteiger partial charge is 0.274 e. The van der Waals surface area contributed by atoms with Crippen LogP contribution in [-0.4, -0.2) is 46.3 Å². The summed E-state index contributed by atoms with van der Waals surface area (Å²) >= 11 is 0.